The van der Waals surface area contributed by atoms with Crippen molar-refractivity contribution in [3.8, 4) is 0 Å². The second-order valence-corrected chi connectivity index (χ2v) is 1.94. The molecular weight excluding hydrogens is 166 g/mol. The fourth-order valence-electron chi connectivity index (χ4n) is 0.363. The van der Waals surface area contributed by atoms with Gasteiger partial charge < -0.3 is 10.1 Å². The van der Waals surface area contributed by atoms with Crippen LogP contribution >= 0.6 is 11.6 Å². The molecule has 0 saturated heterocycles. The van der Waals surface area contributed by atoms with Crippen molar-refractivity contribution in [3.05, 3.63) is 0 Å². The second-order valence-electron chi connectivity index (χ2n) is 1.63. The van der Waals surface area contributed by atoms with Crippen LogP contribution in [-0.4, -0.2) is 25.1 Å². The molecule has 0 aromatic rings. The van der Waals surface area contributed by atoms with Gasteiger partial charge in [0.25, 0.3) is 0 Å². The van der Waals surface area contributed by atoms with Crippen LogP contribution in [0.3, 0.4) is 0 Å². The van der Waals surface area contributed by atoms with Crippen molar-refractivity contribution in [3.63, 3.8) is 0 Å². The van der Waals surface area contributed by atoms with Gasteiger partial charge in [0, 0.05) is 11.6 Å². The third-order valence-corrected chi connectivity index (χ3v) is 0.867. The Morgan fingerprint density at radius 2 is 1.82 bits per heavy atom. The zero-order valence-electron chi connectivity index (χ0n) is 7.32. The maximum atomic E-state index is 9.59. The number of hydrogen-bond acceptors (Lipinski definition) is 3. The predicted octanol–water partition coefficient (Wildman–Crippen LogP) is 2.00. The number of rotatable bonds is 3. The molecule has 0 bridgehead atoms. The van der Waals surface area contributed by atoms with Gasteiger partial charge in [0.15, 0.2) is 0 Å². The molecule has 0 spiro atoms. The molecule has 0 saturated carbocycles. The van der Waals surface area contributed by atoms with Crippen molar-refractivity contribution in [2.45, 2.75) is 20.8 Å². The molecular formula is C7H16ClNO2. The summed E-state index contributed by atoms with van der Waals surface area (Å²) in [7, 11) is 0. The van der Waals surface area contributed by atoms with Gasteiger partial charge in [-0.15, -0.1) is 0 Å². The van der Waals surface area contributed by atoms with Gasteiger partial charge in [-0.25, -0.2) is 4.79 Å². The Bertz CT molecular complexity index is 86.5. The molecule has 0 aliphatic rings. The second kappa shape index (κ2) is 12.4. The highest BCUT2D eigenvalue weighted by Crippen LogP contribution is 1.82. The summed E-state index contributed by atoms with van der Waals surface area (Å²) in [5.74, 6) is 0. The van der Waals surface area contributed by atoms with Gasteiger partial charge in [-0.1, -0.05) is 13.8 Å². The zero-order valence-corrected chi connectivity index (χ0v) is 8.07. The summed E-state index contributed by atoms with van der Waals surface area (Å²) in [4.78, 5) is 9.59. The van der Waals surface area contributed by atoms with E-state index in [1.165, 1.54) is 0 Å². The monoisotopic (exact) mass is 181 g/mol. The molecule has 0 aliphatic heterocycles. The van der Waals surface area contributed by atoms with Gasteiger partial charge >= 0.3 is 5.43 Å². The molecule has 1 N–H and O–H groups in total. The first-order valence-electron chi connectivity index (χ1n) is 3.71. The van der Waals surface area contributed by atoms with E-state index in [4.69, 9.17) is 11.6 Å². The van der Waals surface area contributed by atoms with Crippen molar-refractivity contribution >= 4 is 17.0 Å². The lowest BCUT2D eigenvalue weighted by molar-refractivity contribution is 0.180. The predicted molar refractivity (Wildman–Crippen MR) is 47.1 cm³/mol. The Morgan fingerprint density at radius 1 is 1.36 bits per heavy atom. The Kier molecular flexibility index (Phi) is 15.0. The van der Waals surface area contributed by atoms with Crippen LogP contribution in [0.4, 0.5) is 4.79 Å². The molecule has 0 aromatic heterocycles. The molecule has 0 fully saturated rings. The molecule has 0 amide bonds. The standard InChI is InChI=1S/C4H11N.C3H5ClO2/c1-3-5-4-2;1-2-6-3(4)5/h5H,3-4H2,1-2H3;2H2,1H3. The van der Waals surface area contributed by atoms with Gasteiger partial charge in [0.1, 0.15) is 0 Å². The van der Waals surface area contributed by atoms with Crippen molar-refractivity contribution in [2.24, 2.45) is 0 Å². The average Bonchev–Trinajstić information content (AvgIpc) is 1.90. The molecule has 4 heteroatoms. The first-order valence-corrected chi connectivity index (χ1v) is 4.09. The SMILES string of the molecule is CCNCC.CCOC(=O)Cl. The maximum Gasteiger partial charge on any atom is 0.403 e. The lowest BCUT2D eigenvalue weighted by atomic mass is 10.7. The number of nitrogens with one attached hydrogen (secondary N) is 1. The Morgan fingerprint density at radius 3 is 1.82 bits per heavy atom. The summed E-state index contributed by atoms with van der Waals surface area (Å²) in [5.41, 5.74) is -0.738. The zero-order chi connectivity index (χ0) is 9.11. The van der Waals surface area contributed by atoms with Gasteiger partial charge in [-0.05, 0) is 20.0 Å². The van der Waals surface area contributed by atoms with E-state index in [0.717, 1.165) is 13.1 Å². The molecule has 0 aromatic carbocycles. The molecule has 0 radical (unpaired) electrons. The van der Waals surface area contributed by atoms with Gasteiger partial charge in [-0.3, -0.25) is 0 Å². The van der Waals surface area contributed by atoms with E-state index in [9.17, 15) is 4.79 Å². The smallest absolute Gasteiger partial charge is 0.403 e. The summed E-state index contributed by atoms with van der Waals surface area (Å²) in [5, 5.41) is 3.11. The Hall–Kier alpha value is -0.280. The van der Waals surface area contributed by atoms with Gasteiger partial charge in [0.05, 0.1) is 6.61 Å². The first kappa shape index (κ1) is 13.3. The molecule has 68 valence electrons. The largest absolute Gasteiger partial charge is 0.454 e. The van der Waals surface area contributed by atoms with Crippen LogP contribution in [0.15, 0.2) is 0 Å². The maximum absolute atomic E-state index is 9.59. The minimum absolute atomic E-state index is 0.350. The molecule has 0 atom stereocenters. The number of halogens is 1. The van der Waals surface area contributed by atoms with E-state index in [1.54, 1.807) is 6.92 Å². The molecule has 0 heterocycles. The number of carbonyl (C=O) groups is 1. The van der Waals surface area contributed by atoms with E-state index in [1.807, 2.05) is 0 Å². The summed E-state index contributed by atoms with van der Waals surface area (Å²) < 4.78 is 4.17. The summed E-state index contributed by atoms with van der Waals surface area (Å²) >= 11 is 4.72. The fraction of sp³-hybridized carbons (Fsp3) is 0.857. The average molecular weight is 182 g/mol. The first-order chi connectivity index (χ1) is 5.18. The van der Waals surface area contributed by atoms with E-state index >= 15 is 0 Å². The lowest BCUT2D eigenvalue weighted by Gasteiger charge is -1.86. The Balaban J connectivity index is 0. The minimum Gasteiger partial charge on any atom is -0.454 e. The van der Waals surface area contributed by atoms with Crippen molar-refractivity contribution < 1.29 is 9.53 Å². The van der Waals surface area contributed by atoms with E-state index in [0.29, 0.717) is 6.61 Å². The quantitative estimate of drug-likeness (QED) is 0.677. The highest BCUT2D eigenvalue weighted by molar-refractivity contribution is 6.61. The molecule has 0 unspecified atom stereocenters. The van der Waals surface area contributed by atoms with Gasteiger partial charge in [-0.2, -0.15) is 0 Å². The third-order valence-electron chi connectivity index (χ3n) is 0.758. The van der Waals surface area contributed by atoms with Crippen LogP contribution in [0.5, 0.6) is 0 Å². The summed E-state index contributed by atoms with van der Waals surface area (Å²) in [6.45, 7) is 8.43. The highest BCUT2D eigenvalue weighted by atomic mass is 35.5. The summed E-state index contributed by atoms with van der Waals surface area (Å²) in [6, 6.07) is 0. The molecule has 0 aliphatic carbocycles. The number of carbonyl (C=O) groups excluding carboxylic acids is 1. The lowest BCUT2D eigenvalue weighted by Crippen LogP contribution is -2.09. The van der Waals surface area contributed by atoms with Crippen LogP contribution in [0.2, 0.25) is 0 Å². The van der Waals surface area contributed by atoms with Crippen molar-refractivity contribution in [1.82, 2.24) is 5.32 Å². The highest BCUT2D eigenvalue weighted by Gasteiger charge is 1.86. The van der Waals surface area contributed by atoms with Crippen molar-refractivity contribution in [1.29, 1.82) is 0 Å². The van der Waals surface area contributed by atoms with Gasteiger partial charge in [0.2, 0.25) is 0 Å². The van der Waals surface area contributed by atoms with Crippen LogP contribution in [0.25, 0.3) is 0 Å². The number of hydrogen-bond donors (Lipinski definition) is 1. The molecule has 11 heavy (non-hydrogen) atoms. The number of ether oxygens (including phenoxy) is 1. The van der Waals surface area contributed by atoms with Crippen LogP contribution in [-0.2, 0) is 4.74 Å². The van der Waals surface area contributed by atoms with E-state index in [-0.39, 0.29) is 0 Å². The minimum atomic E-state index is -0.738. The normalized spacial score (nSPS) is 8.00. The van der Waals surface area contributed by atoms with Crippen LogP contribution < -0.4 is 5.32 Å². The molecule has 0 rings (SSSR count). The fourth-order valence-corrected chi connectivity index (χ4v) is 0.473. The van der Waals surface area contributed by atoms with Crippen LogP contribution in [0, 0.1) is 0 Å². The van der Waals surface area contributed by atoms with E-state index < -0.39 is 5.43 Å². The third kappa shape index (κ3) is 26.0. The Labute approximate surface area is 73.1 Å². The van der Waals surface area contributed by atoms with Crippen molar-refractivity contribution in [2.75, 3.05) is 19.7 Å². The van der Waals surface area contributed by atoms with Crippen LogP contribution in [0.1, 0.15) is 20.8 Å². The summed E-state index contributed by atoms with van der Waals surface area (Å²) in [6.07, 6.45) is 0. The topological polar surface area (TPSA) is 38.3 Å². The van der Waals surface area contributed by atoms with E-state index in [2.05, 4.69) is 23.9 Å². The molecule has 3 nitrogen and oxygen atoms in total.